The first-order valence-corrected chi connectivity index (χ1v) is 11.0. The maximum Gasteiger partial charge on any atom is 0.262 e. The van der Waals surface area contributed by atoms with Crippen molar-refractivity contribution in [2.45, 2.75) is 27.3 Å². The lowest BCUT2D eigenvalue weighted by molar-refractivity contribution is -0.118. The van der Waals surface area contributed by atoms with Gasteiger partial charge >= 0.3 is 0 Å². The van der Waals surface area contributed by atoms with Gasteiger partial charge in [0.1, 0.15) is 11.5 Å². The van der Waals surface area contributed by atoms with Gasteiger partial charge in [-0.1, -0.05) is 23.8 Å². The molecule has 162 valence electrons. The van der Waals surface area contributed by atoms with Crippen molar-refractivity contribution in [3.63, 3.8) is 0 Å². The first kappa shape index (κ1) is 22.7. The predicted molar refractivity (Wildman–Crippen MR) is 129 cm³/mol. The van der Waals surface area contributed by atoms with Gasteiger partial charge in [-0.15, -0.1) is 0 Å². The Labute approximate surface area is 191 Å². The number of hydrogen-bond acceptors (Lipinski definition) is 4. The number of aryl methyl sites for hydroxylation is 2. The Bertz CT molecular complexity index is 1040. The maximum atomic E-state index is 12.3. The molecular weight excluding hydrogens is 456 g/mol. The third kappa shape index (κ3) is 6.76. The molecule has 0 fully saturated rings. The van der Waals surface area contributed by atoms with Gasteiger partial charge in [0.25, 0.3) is 5.91 Å². The summed E-state index contributed by atoms with van der Waals surface area (Å²) in [6.07, 6.45) is 0. The Morgan fingerprint density at radius 3 is 2.42 bits per heavy atom. The van der Waals surface area contributed by atoms with Crippen molar-refractivity contribution < 1.29 is 14.3 Å². The van der Waals surface area contributed by atoms with Crippen LogP contribution >= 0.6 is 15.9 Å². The molecule has 0 aliphatic rings. The summed E-state index contributed by atoms with van der Waals surface area (Å²) >= 11 is 3.54. The van der Waals surface area contributed by atoms with Crippen molar-refractivity contribution in [1.29, 1.82) is 0 Å². The lowest BCUT2D eigenvalue weighted by Gasteiger charge is -2.12. The molecule has 0 heterocycles. The van der Waals surface area contributed by atoms with Gasteiger partial charge in [-0.3, -0.25) is 4.79 Å². The average molecular weight is 483 g/mol. The van der Waals surface area contributed by atoms with Crippen molar-refractivity contribution in [3.8, 4) is 11.5 Å². The maximum absolute atomic E-state index is 12.3. The molecule has 0 saturated heterocycles. The third-order valence-electron chi connectivity index (χ3n) is 4.67. The van der Waals surface area contributed by atoms with Crippen molar-refractivity contribution in [2.24, 2.45) is 0 Å². The van der Waals surface area contributed by atoms with E-state index in [2.05, 4.69) is 26.6 Å². The van der Waals surface area contributed by atoms with Gasteiger partial charge in [-0.05, 0) is 90.3 Å². The van der Waals surface area contributed by atoms with Gasteiger partial charge in [0.15, 0.2) is 6.61 Å². The van der Waals surface area contributed by atoms with E-state index in [9.17, 15) is 4.79 Å². The van der Waals surface area contributed by atoms with Crippen molar-refractivity contribution in [2.75, 3.05) is 23.8 Å². The lowest BCUT2D eigenvalue weighted by Crippen LogP contribution is -2.20. The molecule has 0 aliphatic carbocycles. The monoisotopic (exact) mass is 482 g/mol. The first-order valence-electron chi connectivity index (χ1n) is 10.2. The SMILES string of the molecule is CCOc1ccc(NCc2ccc(OCC(=O)Nc3ccc(C)cc3C)c(Br)c2)cc1. The van der Waals surface area contributed by atoms with Crippen molar-refractivity contribution >= 4 is 33.2 Å². The van der Waals surface area contributed by atoms with Gasteiger partial charge in [0.05, 0.1) is 11.1 Å². The summed E-state index contributed by atoms with van der Waals surface area (Å²) in [4.78, 5) is 12.3. The molecule has 5 nitrogen and oxygen atoms in total. The van der Waals surface area contributed by atoms with E-state index in [1.54, 1.807) is 0 Å². The summed E-state index contributed by atoms with van der Waals surface area (Å²) in [5.74, 6) is 1.29. The molecule has 0 saturated carbocycles. The summed E-state index contributed by atoms with van der Waals surface area (Å²) in [7, 11) is 0. The molecule has 6 heteroatoms. The smallest absolute Gasteiger partial charge is 0.262 e. The molecule has 31 heavy (non-hydrogen) atoms. The molecule has 2 N–H and O–H groups in total. The molecule has 0 bridgehead atoms. The fraction of sp³-hybridized carbons (Fsp3) is 0.240. The minimum absolute atomic E-state index is 0.0598. The molecular formula is C25H27BrN2O3. The van der Waals surface area contributed by atoms with E-state index < -0.39 is 0 Å². The largest absolute Gasteiger partial charge is 0.494 e. The molecule has 3 aromatic rings. The summed E-state index contributed by atoms with van der Waals surface area (Å²) in [5.41, 5.74) is 5.09. The Kier molecular flexibility index (Phi) is 7.95. The summed E-state index contributed by atoms with van der Waals surface area (Å²) in [6.45, 7) is 7.23. The second kappa shape index (κ2) is 10.9. The third-order valence-corrected chi connectivity index (χ3v) is 5.29. The van der Waals surface area contributed by atoms with Gasteiger partial charge < -0.3 is 20.1 Å². The number of amides is 1. The van der Waals surface area contributed by atoms with Crippen LogP contribution in [0.2, 0.25) is 0 Å². The molecule has 3 aromatic carbocycles. The fourth-order valence-electron chi connectivity index (χ4n) is 3.09. The predicted octanol–water partition coefficient (Wildman–Crippen LogP) is 6.09. The second-order valence-corrected chi connectivity index (χ2v) is 8.09. The minimum atomic E-state index is -0.194. The number of ether oxygens (including phenoxy) is 2. The van der Waals surface area contributed by atoms with E-state index in [1.165, 1.54) is 0 Å². The number of hydrogen-bond donors (Lipinski definition) is 2. The van der Waals surface area contributed by atoms with Crippen molar-refractivity contribution in [3.05, 3.63) is 81.8 Å². The van der Waals surface area contributed by atoms with Crippen LogP contribution in [0.15, 0.2) is 65.1 Å². The van der Waals surface area contributed by atoms with Crippen LogP contribution in [0, 0.1) is 13.8 Å². The number of carbonyl (C=O) groups excluding carboxylic acids is 1. The number of nitrogens with one attached hydrogen (secondary N) is 2. The molecule has 0 unspecified atom stereocenters. The Morgan fingerprint density at radius 2 is 1.74 bits per heavy atom. The quantitative estimate of drug-likeness (QED) is 0.387. The highest BCUT2D eigenvalue weighted by atomic mass is 79.9. The number of benzene rings is 3. The van der Waals surface area contributed by atoms with Gasteiger partial charge in [0, 0.05) is 17.9 Å². The molecule has 3 rings (SSSR count). The lowest BCUT2D eigenvalue weighted by atomic mass is 10.1. The van der Waals surface area contributed by atoms with Crippen molar-refractivity contribution in [1.82, 2.24) is 0 Å². The number of rotatable bonds is 9. The van der Waals surface area contributed by atoms with Crippen LogP contribution in [0.1, 0.15) is 23.6 Å². The Morgan fingerprint density at radius 1 is 0.968 bits per heavy atom. The number of carbonyl (C=O) groups is 1. The van der Waals surface area contributed by atoms with Crippen LogP contribution in [0.4, 0.5) is 11.4 Å². The van der Waals surface area contributed by atoms with Crippen LogP contribution in [0.5, 0.6) is 11.5 Å². The second-order valence-electron chi connectivity index (χ2n) is 7.23. The molecule has 0 radical (unpaired) electrons. The van der Waals surface area contributed by atoms with Crippen LogP contribution in [-0.4, -0.2) is 19.1 Å². The van der Waals surface area contributed by atoms with Crippen LogP contribution in [-0.2, 0) is 11.3 Å². The van der Waals surface area contributed by atoms with Gasteiger partial charge in [-0.25, -0.2) is 0 Å². The van der Waals surface area contributed by atoms with Crippen LogP contribution < -0.4 is 20.1 Å². The van der Waals surface area contributed by atoms with E-state index in [4.69, 9.17) is 9.47 Å². The zero-order valence-corrected chi connectivity index (χ0v) is 19.6. The highest BCUT2D eigenvalue weighted by Gasteiger charge is 2.09. The zero-order valence-electron chi connectivity index (χ0n) is 18.0. The topological polar surface area (TPSA) is 59.6 Å². The standard InChI is InChI=1S/C25H27BrN2O3/c1-4-30-21-9-7-20(8-10-21)27-15-19-6-12-24(22(26)14-19)31-16-25(29)28-23-11-5-17(2)13-18(23)3/h5-14,27H,4,15-16H2,1-3H3,(H,28,29). The average Bonchev–Trinajstić information content (AvgIpc) is 2.75. The minimum Gasteiger partial charge on any atom is -0.494 e. The number of anilines is 2. The summed E-state index contributed by atoms with van der Waals surface area (Å²) in [6, 6.07) is 19.6. The Hall–Kier alpha value is -2.99. The van der Waals surface area contributed by atoms with E-state index in [1.807, 2.05) is 81.4 Å². The summed E-state index contributed by atoms with van der Waals surface area (Å²) in [5, 5.41) is 6.27. The molecule has 0 atom stereocenters. The molecule has 0 aromatic heterocycles. The van der Waals surface area contributed by atoms with E-state index >= 15 is 0 Å². The Balaban J connectivity index is 1.51. The van der Waals surface area contributed by atoms with E-state index in [0.29, 0.717) is 18.9 Å². The highest BCUT2D eigenvalue weighted by Crippen LogP contribution is 2.27. The summed E-state index contributed by atoms with van der Waals surface area (Å²) < 4.78 is 12.0. The number of halogens is 1. The molecule has 0 spiro atoms. The molecule has 1 amide bonds. The van der Waals surface area contributed by atoms with E-state index in [-0.39, 0.29) is 12.5 Å². The highest BCUT2D eigenvalue weighted by molar-refractivity contribution is 9.10. The van der Waals surface area contributed by atoms with E-state index in [0.717, 1.165) is 38.3 Å². The molecule has 0 aliphatic heterocycles. The van der Waals surface area contributed by atoms with Gasteiger partial charge in [-0.2, -0.15) is 0 Å². The normalized spacial score (nSPS) is 10.5. The zero-order chi connectivity index (χ0) is 22.2. The fourth-order valence-corrected chi connectivity index (χ4v) is 3.64. The van der Waals surface area contributed by atoms with Gasteiger partial charge in [0.2, 0.25) is 0 Å². The van der Waals surface area contributed by atoms with Crippen LogP contribution in [0.3, 0.4) is 0 Å². The first-order chi connectivity index (χ1) is 14.9. The van der Waals surface area contributed by atoms with Crippen LogP contribution in [0.25, 0.3) is 0 Å².